The summed E-state index contributed by atoms with van der Waals surface area (Å²) in [5, 5.41) is 25.7. The maximum atomic E-state index is 11.5. The van der Waals surface area contributed by atoms with Gasteiger partial charge in [-0.2, -0.15) is 0 Å². The van der Waals surface area contributed by atoms with Crippen LogP contribution in [-0.4, -0.2) is 43.1 Å². The SMILES string of the molecule is CC(=O)NCCCc1ccc(C(=Nc2ccc(-c3cnc[nH]3)cc2)c2c(O)[nH]c3ccc([N+](=O)[O-])cc23)cc1. The molecule has 3 aromatic carbocycles. The van der Waals surface area contributed by atoms with Gasteiger partial charge in [-0.3, -0.25) is 14.9 Å². The molecule has 0 aliphatic heterocycles. The minimum absolute atomic E-state index is 0.0532. The number of carbonyl (C=O) groups is 1. The van der Waals surface area contributed by atoms with E-state index in [1.807, 2.05) is 48.5 Å². The lowest BCUT2D eigenvalue weighted by molar-refractivity contribution is -0.384. The Kier molecular flexibility index (Phi) is 7.17. The van der Waals surface area contributed by atoms with E-state index in [-0.39, 0.29) is 17.5 Å². The normalized spacial score (nSPS) is 11.6. The molecule has 0 bridgehead atoms. The Balaban J connectivity index is 1.55. The summed E-state index contributed by atoms with van der Waals surface area (Å²) in [5.74, 6) is -0.180. The zero-order chi connectivity index (χ0) is 27.4. The molecule has 0 spiro atoms. The number of nitrogens with zero attached hydrogens (tertiary/aromatic N) is 3. The first kappa shape index (κ1) is 25.4. The van der Waals surface area contributed by atoms with E-state index in [2.05, 4.69) is 20.3 Å². The number of hydrogen-bond donors (Lipinski definition) is 4. The fraction of sp³-hybridized carbons (Fsp3) is 0.138. The van der Waals surface area contributed by atoms with E-state index in [1.54, 1.807) is 18.6 Å². The van der Waals surface area contributed by atoms with Crippen LogP contribution in [0.1, 0.15) is 30.0 Å². The van der Waals surface area contributed by atoms with Crippen molar-refractivity contribution in [3.05, 3.63) is 106 Å². The van der Waals surface area contributed by atoms with Gasteiger partial charge < -0.3 is 20.4 Å². The number of fused-ring (bicyclic) bond motifs is 1. The third-order valence-corrected chi connectivity index (χ3v) is 6.37. The Hall–Kier alpha value is -5.25. The van der Waals surface area contributed by atoms with Crippen LogP contribution < -0.4 is 5.32 Å². The third-order valence-electron chi connectivity index (χ3n) is 6.37. The lowest BCUT2D eigenvalue weighted by Crippen LogP contribution is -2.21. The van der Waals surface area contributed by atoms with Crippen LogP contribution in [0.3, 0.4) is 0 Å². The first-order chi connectivity index (χ1) is 18.9. The Labute approximate surface area is 223 Å². The number of aryl methyl sites for hydroxylation is 1. The first-order valence-electron chi connectivity index (χ1n) is 12.4. The number of H-pyrrole nitrogens is 2. The van der Waals surface area contributed by atoms with Crippen molar-refractivity contribution < 1.29 is 14.8 Å². The number of nitro benzene ring substituents is 1. The number of nitrogens with one attached hydrogen (secondary N) is 3. The Bertz CT molecular complexity index is 1650. The Morgan fingerprint density at radius 1 is 1.10 bits per heavy atom. The van der Waals surface area contributed by atoms with Crippen molar-refractivity contribution in [2.45, 2.75) is 19.8 Å². The van der Waals surface area contributed by atoms with Crippen molar-refractivity contribution in [1.82, 2.24) is 20.3 Å². The molecule has 2 aromatic heterocycles. The molecule has 5 aromatic rings. The predicted molar refractivity (Wildman–Crippen MR) is 149 cm³/mol. The summed E-state index contributed by atoms with van der Waals surface area (Å²) in [6, 6.07) is 19.8. The number of aromatic nitrogens is 3. The molecule has 1 amide bonds. The van der Waals surface area contributed by atoms with Crippen molar-refractivity contribution in [1.29, 1.82) is 0 Å². The summed E-state index contributed by atoms with van der Waals surface area (Å²) in [4.78, 5) is 37.1. The van der Waals surface area contributed by atoms with Crippen LogP contribution in [0.25, 0.3) is 22.2 Å². The summed E-state index contributed by atoms with van der Waals surface area (Å²) in [6.07, 6.45) is 4.93. The van der Waals surface area contributed by atoms with E-state index in [1.165, 1.54) is 19.1 Å². The van der Waals surface area contributed by atoms with Gasteiger partial charge in [-0.15, -0.1) is 0 Å². The van der Waals surface area contributed by atoms with Gasteiger partial charge in [0.1, 0.15) is 0 Å². The largest absolute Gasteiger partial charge is 0.494 e. The van der Waals surface area contributed by atoms with Crippen LogP contribution in [0.15, 0.2) is 84.2 Å². The maximum absolute atomic E-state index is 11.5. The molecule has 0 aliphatic carbocycles. The molecule has 0 atom stereocenters. The number of carbonyl (C=O) groups excluding carboxylic acids is 1. The van der Waals surface area contributed by atoms with E-state index in [0.29, 0.717) is 34.4 Å². The molecule has 0 aliphatic rings. The number of amides is 1. The Morgan fingerprint density at radius 2 is 1.87 bits per heavy atom. The van der Waals surface area contributed by atoms with Gasteiger partial charge in [0.2, 0.25) is 5.91 Å². The number of non-ortho nitro benzene ring substituents is 1. The van der Waals surface area contributed by atoms with Gasteiger partial charge in [-0.1, -0.05) is 36.4 Å². The maximum Gasteiger partial charge on any atom is 0.270 e. The average molecular weight is 523 g/mol. The zero-order valence-corrected chi connectivity index (χ0v) is 21.1. The molecule has 10 heteroatoms. The minimum Gasteiger partial charge on any atom is -0.494 e. The van der Waals surface area contributed by atoms with E-state index in [4.69, 9.17) is 4.99 Å². The molecule has 5 rings (SSSR count). The minimum atomic E-state index is -0.464. The average Bonchev–Trinajstić information content (AvgIpc) is 3.58. The molecule has 0 radical (unpaired) electrons. The Morgan fingerprint density at radius 3 is 2.54 bits per heavy atom. The van der Waals surface area contributed by atoms with Gasteiger partial charge in [0.25, 0.3) is 5.69 Å². The smallest absolute Gasteiger partial charge is 0.270 e. The van der Waals surface area contributed by atoms with Crippen LogP contribution >= 0.6 is 0 Å². The molecule has 4 N–H and O–H groups in total. The van der Waals surface area contributed by atoms with Gasteiger partial charge in [-0.25, -0.2) is 9.98 Å². The lowest BCUT2D eigenvalue weighted by atomic mass is 9.98. The van der Waals surface area contributed by atoms with Gasteiger partial charge in [0.15, 0.2) is 5.88 Å². The highest BCUT2D eigenvalue weighted by atomic mass is 16.6. The second-order valence-corrected chi connectivity index (χ2v) is 9.09. The molecular weight excluding hydrogens is 496 g/mol. The molecule has 0 unspecified atom stereocenters. The molecule has 0 fully saturated rings. The van der Waals surface area contributed by atoms with Gasteiger partial charge in [-0.05, 0) is 42.2 Å². The first-order valence-corrected chi connectivity index (χ1v) is 12.4. The fourth-order valence-corrected chi connectivity index (χ4v) is 4.43. The number of hydrogen-bond acceptors (Lipinski definition) is 6. The fourth-order valence-electron chi connectivity index (χ4n) is 4.43. The molecule has 39 heavy (non-hydrogen) atoms. The van der Waals surface area contributed by atoms with E-state index >= 15 is 0 Å². The van der Waals surface area contributed by atoms with Gasteiger partial charge in [0.05, 0.1) is 40.1 Å². The zero-order valence-electron chi connectivity index (χ0n) is 21.1. The third kappa shape index (κ3) is 5.69. The standard InChI is InChI=1S/C29H26N6O4/c1-18(36)31-14-2-3-19-4-6-21(7-5-19)28(33-22-10-8-20(9-11-22)26-16-30-17-32-26)27-24-15-23(35(38)39)12-13-25(24)34-29(27)37/h4-13,15-17,34,37H,2-3,14H2,1H3,(H,30,32)(H,31,36). The van der Waals surface area contributed by atoms with Crippen molar-refractivity contribution >= 4 is 33.9 Å². The number of rotatable bonds is 9. The predicted octanol–water partition coefficient (Wildman–Crippen LogP) is 5.41. The highest BCUT2D eigenvalue weighted by molar-refractivity contribution is 6.22. The van der Waals surface area contributed by atoms with Crippen molar-refractivity contribution in [2.24, 2.45) is 4.99 Å². The number of aromatic hydroxyl groups is 1. The molecule has 196 valence electrons. The quantitative estimate of drug-likeness (QED) is 0.0884. The number of aromatic amines is 2. The van der Waals surface area contributed by atoms with Crippen molar-refractivity contribution in [3.8, 4) is 17.1 Å². The number of nitro groups is 1. The van der Waals surface area contributed by atoms with E-state index in [9.17, 15) is 20.0 Å². The second kappa shape index (κ2) is 11.0. The molecule has 0 saturated heterocycles. The van der Waals surface area contributed by atoms with Crippen LogP contribution in [0.4, 0.5) is 11.4 Å². The molecule has 0 saturated carbocycles. The van der Waals surface area contributed by atoms with Crippen LogP contribution in [0.2, 0.25) is 0 Å². The molecule has 10 nitrogen and oxygen atoms in total. The van der Waals surface area contributed by atoms with Crippen LogP contribution in [0.5, 0.6) is 5.88 Å². The van der Waals surface area contributed by atoms with Crippen LogP contribution in [-0.2, 0) is 11.2 Å². The van der Waals surface area contributed by atoms with Gasteiger partial charge in [0, 0.05) is 42.1 Å². The number of aliphatic imine (C=N–C) groups is 1. The lowest BCUT2D eigenvalue weighted by Gasteiger charge is -2.10. The second-order valence-electron chi connectivity index (χ2n) is 9.09. The number of benzene rings is 3. The van der Waals surface area contributed by atoms with Crippen LogP contribution in [0, 0.1) is 10.1 Å². The van der Waals surface area contributed by atoms with Crippen molar-refractivity contribution in [2.75, 3.05) is 6.54 Å². The summed E-state index contributed by atoms with van der Waals surface area (Å²) in [7, 11) is 0. The molecule has 2 heterocycles. The van der Waals surface area contributed by atoms with Crippen molar-refractivity contribution in [3.63, 3.8) is 0 Å². The van der Waals surface area contributed by atoms with E-state index in [0.717, 1.165) is 35.2 Å². The molecular formula is C29H26N6O4. The highest BCUT2D eigenvalue weighted by Crippen LogP contribution is 2.34. The van der Waals surface area contributed by atoms with Gasteiger partial charge >= 0.3 is 0 Å². The summed E-state index contributed by atoms with van der Waals surface area (Å²) >= 11 is 0. The summed E-state index contributed by atoms with van der Waals surface area (Å²) in [6.45, 7) is 2.09. The topological polar surface area (TPSA) is 149 Å². The summed E-state index contributed by atoms with van der Waals surface area (Å²) < 4.78 is 0. The van der Waals surface area contributed by atoms with E-state index < -0.39 is 4.92 Å². The highest BCUT2D eigenvalue weighted by Gasteiger charge is 2.21. The monoisotopic (exact) mass is 522 g/mol. The summed E-state index contributed by atoms with van der Waals surface area (Å²) in [5.41, 5.74) is 5.62. The number of imidazole rings is 1.